The zero-order chi connectivity index (χ0) is 12.3. The van der Waals surface area contributed by atoms with Gasteiger partial charge >= 0.3 is 6.09 Å². The van der Waals surface area contributed by atoms with Crippen molar-refractivity contribution in [1.82, 2.24) is 10.2 Å². The Labute approximate surface area is 101 Å². The largest absolute Gasteiger partial charge is 0.450 e. The van der Waals surface area contributed by atoms with Gasteiger partial charge in [-0.1, -0.05) is 0 Å². The Bertz CT molecular complexity index is 298. The highest BCUT2D eigenvalue weighted by Gasteiger charge is 2.33. The Hall–Kier alpha value is -1.26. The lowest BCUT2D eigenvalue weighted by molar-refractivity contribution is -0.119. The molecule has 0 aromatic heterocycles. The summed E-state index contributed by atoms with van der Waals surface area (Å²) in [5.74, 6) is 1.20. The van der Waals surface area contributed by atoms with Crippen LogP contribution in [0.25, 0.3) is 0 Å². The van der Waals surface area contributed by atoms with Crippen molar-refractivity contribution in [3.05, 3.63) is 0 Å². The molecule has 96 valence electrons. The van der Waals surface area contributed by atoms with Crippen LogP contribution in [0, 0.1) is 11.8 Å². The molecule has 2 fully saturated rings. The molecule has 0 spiro atoms. The van der Waals surface area contributed by atoms with E-state index in [1.807, 2.05) is 6.92 Å². The molecule has 17 heavy (non-hydrogen) atoms. The Morgan fingerprint density at radius 2 is 2.12 bits per heavy atom. The van der Waals surface area contributed by atoms with Gasteiger partial charge in [0.05, 0.1) is 6.61 Å². The van der Waals surface area contributed by atoms with Crippen LogP contribution >= 0.6 is 0 Å². The van der Waals surface area contributed by atoms with Crippen LogP contribution in [-0.4, -0.2) is 43.1 Å². The molecule has 0 radical (unpaired) electrons. The molecule has 5 nitrogen and oxygen atoms in total. The van der Waals surface area contributed by atoms with Crippen LogP contribution in [0.1, 0.15) is 26.2 Å². The highest BCUT2D eigenvalue weighted by molar-refractivity contribution is 5.78. The van der Waals surface area contributed by atoms with Gasteiger partial charge in [0, 0.05) is 26.1 Å². The van der Waals surface area contributed by atoms with Crippen LogP contribution in [0.3, 0.4) is 0 Å². The van der Waals surface area contributed by atoms with Crippen molar-refractivity contribution in [2.45, 2.75) is 26.2 Å². The second-order valence-electron chi connectivity index (χ2n) is 4.79. The van der Waals surface area contributed by atoms with E-state index < -0.39 is 0 Å². The van der Waals surface area contributed by atoms with Gasteiger partial charge in [-0.2, -0.15) is 0 Å². The van der Waals surface area contributed by atoms with Crippen LogP contribution < -0.4 is 5.32 Å². The molecule has 2 aliphatic rings. The Kier molecular flexibility index (Phi) is 3.86. The number of hydrogen-bond acceptors (Lipinski definition) is 3. The third-order valence-electron chi connectivity index (χ3n) is 3.74. The molecule has 1 unspecified atom stereocenters. The maximum Gasteiger partial charge on any atom is 0.409 e. The van der Waals surface area contributed by atoms with Crippen molar-refractivity contribution in [3.8, 4) is 0 Å². The van der Waals surface area contributed by atoms with E-state index in [4.69, 9.17) is 4.74 Å². The van der Waals surface area contributed by atoms with Crippen LogP contribution in [-0.2, 0) is 9.53 Å². The maximum absolute atomic E-state index is 11.5. The van der Waals surface area contributed by atoms with Crippen molar-refractivity contribution < 1.29 is 14.3 Å². The number of nitrogens with zero attached hydrogens (tertiary/aromatic N) is 1. The number of carbonyl (C=O) groups excluding carboxylic acids is 2. The van der Waals surface area contributed by atoms with Gasteiger partial charge in [-0.05, 0) is 31.6 Å². The third-order valence-corrected chi connectivity index (χ3v) is 3.74. The number of likely N-dealkylation sites (tertiary alicyclic amines) is 1. The van der Waals surface area contributed by atoms with Crippen molar-refractivity contribution in [1.29, 1.82) is 0 Å². The van der Waals surface area contributed by atoms with Crippen molar-refractivity contribution in [2.75, 3.05) is 26.2 Å². The molecule has 0 aromatic rings. The van der Waals surface area contributed by atoms with Crippen molar-refractivity contribution >= 4 is 12.0 Å². The molecule has 2 saturated heterocycles. The summed E-state index contributed by atoms with van der Waals surface area (Å²) in [5.41, 5.74) is 0. The minimum Gasteiger partial charge on any atom is -0.450 e. The second-order valence-corrected chi connectivity index (χ2v) is 4.79. The molecule has 2 amide bonds. The van der Waals surface area contributed by atoms with Gasteiger partial charge in [0.15, 0.2) is 0 Å². The number of amides is 2. The quantitative estimate of drug-likeness (QED) is 0.783. The van der Waals surface area contributed by atoms with Gasteiger partial charge < -0.3 is 15.0 Å². The van der Waals surface area contributed by atoms with E-state index in [0.29, 0.717) is 24.9 Å². The van der Waals surface area contributed by atoms with E-state index >= 15 is 0 Å². The predicted octanol–water partition coefficient (Wildman–Crippen LogP) is 0.991. The molecule has 0 bridgehead atoms. The van der Waals surface area contributed by atoms with Crippen LogP contribution in [0.4, 0.5) is 4.79 Å². The number of hydrogen-bond donors (Lipinski definition) is 1. The Balaban J connectivity index is 1.78. The molecule has 2 heterocycles. The lowest BCUT2D eigenvalue weighted by Crippen LogP contribution is -2.40. The van der Waals surface area contributed by atoms with Crippen LogP contribution in [0.15, 0.2) is 0 Å². The lowest BCUT2D eigenvalue weighted by atomic mass is 9.84. The molecule has 1 N–H and O–H groups in total. The fourth-order valence-corrected chi connectivity index (χ4v) is 2.73. The minimum atomic E-state index is -0.202. The first-order valence-corrected chi connectivity index (χ1v) is 6.39. The average molecular weight is 240 g/mol. The first-order chi connectivity index (χ1) is 8.20. The topological polar surface area (TPSA) is 58.6 Å². The van der Waals surface area contributed by atoms with Crippen LogP contribution in [0.2, 0.25) is 0 Å². The van der Waals surface area contributed by atoms with Gasteiger partial charge in [-0.15, -0.1) is 0 Å². The molecule has 5 heteroatoms. The predicted molar refractivity (Wildman–Crippen MR) is 62.4 cm³/mol. The van der Waals surface area contributed by atoms with Crippen molar-refractivity contribution in [3.63, 3.8) is 0 Å². The summed E-state index contributed by atoms with van der Waals surface area (Å²) in [4.78, 5) is 24.4. The monoisotopic (exact) mass is 240 g/mol. The fourth-order valence-electron chi connectivity index (χ4n) is 2.73. The summed E-state index contributed by atoms with van der Waals surface area (Å²) in [6.45, 7) is 4.57. The molecule has 0 aromatic carbocycles. The van der Waals surface area contributed by atoms with E-state index in [1.54, 1.807) is 4.90 Å². The summed E-state index contributed by atoms with van der Waals surface area (Å²) in [7, 11) is 0. The van der Waals surface area contributed by atoms with E-state index in [1.165, 1.54) is 0 Å². The molecule has 1 atom stereocenters. The van der Waals surface area contributed by atoms with Crippen molar-refractivity contribution in [2.24, 2.45) is 11.8 Å². The van der Waals surface area contributed by atoms with Gasteiger partial charge in [-0.25, -0.2) is 4.79 Å². The zero-order valence-electron chi connectivity index (χ0n) is 10.3. The van der Waals surface area contributed by atoms with E-state index in [9.17, 15) is 9.59 Å². The molecule has 2 rings (SSSR count). The Morgan fingerprint density at radius 3 is 2.65 bits per heavy atom. The summed E-state index contributed by atoms with van der Waals surface area (Å²) in [5, 5.41) is 2.88. The minimum absolute atomic E-state index is 0.169. The molecular formula is C12H20N2O3. The number of carbonyl (C=O) groups is 2. The standard InChI is InChI=1S/C12H20N2O3/c1-2-17-12(16)14-5-3-9(4-6-14)10-7-11(15)13-8-10/h9-10H,2-8H2,1H3,(H,13,15). The zero-order valence-corrected chi connectivity index (χ0v) is 10.3. The Morgan fingerprint density at radius 1 is 1.41 bits per heavy atom. The second kappa shape index (κ2) is 5.38. The van der Waals surface area contributed by atoms with Gasteiger partial charge in [0.1, 0.15) is 0 Å². The van der Waals surface area contributed by atoms with E-state index in [0.717, 1.165) is 32.5 Å². The van der Waals surface area contributed by atoms with Gasteiger partial charge in [0.25, 0.3) is 0 Å². The average Bonchev–Trinajstić information content (AvgIpc) is 2.76. The first-order valence-electron chi connectivity index (χ1n) is 6.39. The van der Waals surface area contributed by atoms with E-state index in [2.05, 4.69) is 5.32 Å². The summed E-state index contributed by atoms with van der Waals surface area (Å²) < 4.78 is 4.98. The number of piperidine rings is 1. The lowest BCUT2D eigenvalue weighted by Gasteiger charge is -2.33. The number of ether oxygens (including phenoxy) is 1. The highest BCUT2D eigenvalue weighted by Crippen LogP contribution is 2.29. The summed E-state index contributed by atoms with van der Waals surface area (Å²) in [6, 6.07) is 0. The van der Waals surface area contributed by atoms with Gasteiger partial charge in [-0.3, -0.25) is 4.79 Å². The molecule has 0 saturated carbocycles. The normalized spacial score (nSPS) is 25.8. The molecular weight excluding hydrogens is 220 g/mol. The van der Waals surface area contributed by atoms with E-state index in [-0.39, 0.29) is 12.0 Å². The summed E-state index contributed by atoms with van der Waals surface area (Å²) >= 11 is 0. The van der Waals surface area contributed by atoms with Crippen LogP contribution in [0.5, 0.6) is 0 Å². The first kappa shape index (κ1) is 12.2. The third kappa shape index (κ3) is 2.90. The fraction of sp³-hybridized carbons (Fsp3) is 0.833. The summed E-state index contributed by atoms with van der Waals surface area (Å²) in [6.07, 6.45) is 2.42. The molecule has 2 aliphatic heterocycles. The molecule has 0 aliphatic carbocycles. The maximum atomic E-state index is 11.5. The SMILES string of the molecule is CCOC(=O)N1CCC(C2CNC(=O)C2)CC1. The number of rotatable bonds is 2. The highest BCUT2D eigenvalue weighted by atomic mass is 16.6. The number of nitrogens with one attached hydrogen (secondary N) is 1. The smallest absolute Gasteiger partial charge is 0.409 e. The van der Waals surface area contributed by atoms with Gasteiger partial charge in [0.2, 0.25) is 5.91 Å².